The highest BCUT2D eigenvalue weighted by molar-refractivity contribution is 6.31. The fourth-order valence-electron chi connectivity index (χ4n) is 5.60. The van der Waals surface area contributed by atoms with E-state index in [0.29, 0.717) is 35.9 Å². The van der Waals surface area contributed by atoms with E-state index in [4.69, 9.17) is 25.9 Å². The van der Waals surface area contributed by atoms with E-state index in [1.165, 1.54) is 12.2 Å². The average Bonchev–Trinajstić information content (AvgIpc) is 3.38. The Morgan fingerprint density at radius 1 is 1.09 bits per heavy atom. The number of aromatic nitrogens is 2. The summed E-state index contributed by atoms with van der Waals surface area (Å²) in [6, 6.07) is 15.9. The Kier molecular flexibility index (Phi) is 12.4. The first-order valence-corrected chi connectivity index (χ1v) is 16.0. The summed E-state index contributed by atoms with van der Waals surface area (Å²) in [6.45, 7) is 6.60. The summed E-state index contributed by atoms with van der Waals surface area (Å²) in [7, 11) is 4.65. The molecule has 1 fully saturated rings. The first-order valence-electron chi connectivity index (χ1n) is 15.6. The lowest BCUT2D eigenvalue weighted by molar-refractivity contribution is -0.160. The van der Waals surface area contributed by atoms with E-state index in [1.807, 2.05) is 69.3 Å². The molecular weight excluding hydrogens is 624 g/mol. The van der Waals surface area contributed by atoms with Crippen LogP contribution in [0.15, 0.2) is 54.6 Å². The third-order valence-corrected chi connectivity index (χ3v) is 8.16. The minimum absolute atomic E-state index is 0.0514. The Labute approximate surface area is 281 Å². The summed E-state index contributed by atoms with van der Waals surface area (Å²) in [6.07, 6.45) is 1.62. The molecule has 13 heteroatoms. The predicted octanol–water partition coefficient (Wildman–Crippen LogP) is 4.59. The molecule has 254 valence electrons. The lowest BCUT2D eigenvalue weighted by Gasteiger charge is -2.35. The monoisotopic (exact) mass is 668 g/mol. The highest BCUT2D eigenvalue weighted by atomic mass is 35.5. The average molecular weight is 669 g/mol. The quantitative estimate of drug-likeness (QED) is 0.267. The molecule has 4 rings (SSSR count). The van der Waals surface area contributed by atoms with Crippen LogP contribution in [0, 0.1) is 0 Å². The van der Waals surface area contributed by atoms with Gasteiger partial charge in [-0.2, -0.15) is 10.2 Å². The molecule has 12 nitrogen and oxygen atoms in total. The van der Waals surface area contributed by atoms with E-state index in [9.17, 15) is 14.4 Å². The van der Waals surface area contributed by atoms with Crippen molar-refractivity contribution in [3.05, 3.63) is 82.0 Å². The van der Waals surface area contributed by atoms with Crippen LogP contribution in [-0.4, -0.2) is 84.8 Å². The van der Waals surface area contributed by atoms with Crippen LogP contribution in [0.3, 0.4) is 0 Å². The molecule has 0 unspecified atom stereocenters. The van der Waals surface area contributed by atoms with Crippen LogP contribution >= 0.6 is 11.6 Å². The molecule has 0 spiro atoms. The summed E-state index contributed by atoms with van der Waals surface area (Å²) in [5, 5.41) is 12.2. The van der Waals surface area contributed by atoms with Gasteiger partial charge < -0.3 is 24.5 Å². The first-order chi connectivity index (χ1) is 22.4. The lowest BCUT2D eigenvalue weighted by Crippen LogP contribution is -2.49. The number of piperidine rings is 1. The number of rotatable bonds is 12. The molecule has 2 aromatic carbocycles. The number of carbonyl (C=O) groups excluding carboxylic acids is 3. The molecule has 47 heavy (non-hydrogen) atoms. The summed E-state index contributed by atoms with van der Waals surface area (Å²) >= 11 is 6.60. The third kappa shape index (κ3) is 9.77. The number of alkyl carbamates (subject to hydrolysis) is 1. The number of likely N-dealkylation sites (N-methyl/N-ethyl adjacent to an activating group) is 1. The van der Waals surface area contributed by atoms with Gasteiger partial charge in [-0.1, -0.05) is 60.1 Å². The number of ether oxygens (including phenoxy) is 2. The van der Waals surface area contributed by atoms with Gasteiger partial charge in [-0.15, -0.1) is 0 Å². The molecule has 2 N–H and O–H groups in total. The van der Waals surface area contributed by atoms with Gasteiger partial charge in [0.25, 0.3) is 5.91 Å². The Morgan fingerprint density at radius 3 is 2.45 bits per heavy atom. The van der Waals surface area contributed by atoms with Crippen molar-refractivity contribution >= 4 is 35.3 Å². The Bertz CT molecular complexity index is 1520. The zero-order valence-corrected chi connectivity index (χ0v) is 28.7. The maximum Gasteiger partial charge on any atom is 0.407 e. The number of amides is 3. The summed E-state index contributed by atoms with van der Waals surface area (Å²) < 4.78 is 12.6. The molecule has 1 aliphatic rings. The fraction of sp³-hybridized carbons (Fsp3) is 0.471. The second-order valence-corrected chi connectivity index (χ2v) is 12.9. The normalized spacial score (nSPS) is 15.7. The SMILES string of the molecule is COCn1nc(C(=O)NC(=O)[C@H](Cc2ccccc2)N(C)OC)c(Cc2ccccc2Cl)c1N1CCC[C@@H](NC(=O)OC(C)(C)C)C1. The van der Waals surface area contributed by atoms with Gasteiger partial charge in [-0.3, -0.25) is 14.9 Å². The van der Waals surface area contributed by atoms with Crippen molar-refractivity contribution in [2.75, 3.05) is 39.3 Å². The molecule has 2 heterocycles. The maximum absolute atomic E-state index is 14.0. The first kappa shape index (κ1) is 35.9. The molecule has 0 radical (unpaired) electrons. The van der Waals surface area contributed by atoms with E-state index in [2.05, 4.69) is 20.6 Å². The van der Waals surface area contributed by atoms with Crippen molar-refractivity contribution in [3.63, 3.8) is 0 Å². The number of nitrogens with zero attached hydrogens (tertiary/aromatic N) is 4. The second-order valence-electron chi connectivity index (χ2n) is 12.5. The van der Waals surface area contributed by atoms with Gasteiger partial charge in [0.2, 0.25) is 5.91 Å². The molecule has 1 aromatic heterocycles. The van der Waals surface area contributed by atoms with Crippen LogP contribution < -0.4 is 15.5 Å². The molecule has 3 aromatic rings. The van der Waals surface area contributed by atoms with Crippen LogP contribution in [0.5, 0.6) is 0 Å². The highest BCUT2D eigenvalue weighted by Gasteiger charge is 2.33. The lowest BCUT2D eigenvalue weighted by atomic mass is 10.0. The molecule has 3 amide bonds. The molecule has 1 saturated heterocycles. The minimum Gasteiger partial charge on any atom is -0.444 e. The Balaban J connectivity index is 1.69. The van der Waals surface area contributed by atoms with Crippen molar-refractivity contribution < 1.29 is 28.7 Å². The van der Waals surface area contributed by atoms with Crippen LogP contribution in [0.25, 0.3) is 0 Å². The van der Waals surface area contributed by atoms with Gasteiger partial charge in [0, 0.05) is 50.3 Å². The number of imide groups is 1. The third-order valence-electron chi connectivity index (χ3n) is 7.79. The summed E-state index contributed by atoms with van der Waals surface area (Å²) in [4.78, 5) is 47.7. The van der Waals surface area contributed by atoms with E-state index < -0.39 is 29.6 Å². The van der Waals surface area contributed by atoms with Crippen molar-refractivity contribution in [3.8, 4) is 0 Å². The standard InChI is InChI=1S/C34H45ClN6O6/c1-34(2,3)47-33(44)36-25-16-12-18-40(21-25)32-26(20-24-15-10-11-17-27(24)35)29(38-41(32)22-45-5)31(43)37-30(42)28(39(4)46-6)19-23-13-8-7-9-14-23/h7-11,13-15,17,25,28H,12,16,18-22H2,1-6H3,(H,36,44)(H,37,42,43)/t25-,28+/m1/s1. The van der Waals surface area contributed by atoms with Gasteiger partial charge in [0.1, 0.15) is 24.2 Å². The van der Waals surface area contributed by atoms with E-state index >= 15 is 0 Å². The zero-order valence-electron chi connectivity index (χ0n) is 27.9. The molecule has 1 aliphatic heterocycles. The van der Waals surface area contributed by atoms with Crippen molar-refractivity contribution in [1.29, 1.82) is 0 Å². The number of nitrogens with one attached hydrogen (secondary N) is 2. The Hall–Kier alpha value is -3.97. The zero-order chi connectivity index (χ0) is 34.1. The van der Waals surface area contributed by atoms with Gasteiger partial charge in [-0.25, -0.2) is 9.48 Å². The topological polar surface area (TPSA) is 127 Å². The number of carbonyl (C=O) groups is 3. The van der Waals surface area contributed by atoms with E-state index in [1.54, 1.807) is 24.9 Å². The fourth-order valence-corrected chi connectivity index (χ4v) is 5.80. The van der Waals surface area contributed by atoms with Gasteiger partial charge in [-0.05, 0) is 57.2 Å². The minimum atomic E-state index is -0.791. The molecular formula is C34H45ClN6O6. The maximum atomic E-state index is 14.0. The predicted molar refractivity (Wildman–Crippen MR) is 179 cm³/mol. The number of benzene rings is 2. The van der Waals surface area contributed by atoms with E-state index in [-0.39, 0.29) is 24.9 Å². The smallest absolute Gasteiger partial charge is 0.407 e. The largest absolute Gasteiger partial charge is 0.444 e. The molecule has 0 saturated carbocycles. The van der Waals surface area contributed by atoms with E-state index in [0.717, 1.165) is 24.0 Å². The summed E-state index contributed by atoms with van der Waals surface area (Å²) in [5.41, 5.74) is 1.73. The van der Waals surface area contributed by atoms with Gasteiger partial charge >= 0.3 is 6.09 Å². The molecule has 0 aliphatic carbocycles. The van der Waals surface area contributed by atoms with Crippen molar-refractivity contribution in [1.82, 2.24) is 25.5 Å². The molecule has 2 atom stereocenters. The highest BCUT2D eigenvalue weighted by Crippen LogP contribution is 2.32. The van der Waals surface area contributed by atoms with Crippen molar-refractivity contribution in [2.45, 2.75) is 70.9 Å². The Morgan fingerprint density at radius 2 is 1.79 bits per heavy atom. The number of hydrogen-bond acceptors (Lipinski definition) is 9. The summed E-state index contributed by atoms with van der Waals surface area (Å²) in [5.74, 6) is -0.541. The number of hydrogen-bond donors (Lipinski definition) is 2. The number of hydroxylamine groups is 2. The number of halogens is 1. The number of methoxy groups -OCH3 is 1. The van der Waals surface area contributed by atoms with Crippen LogP contribution in [-0.2, 0) is 38.7 Å². The van der Waals surface area contributed by atoms with Gasteiger partial charge in [0.15, 0.2) is 5.69 Å². The van der Waals surface area contributed by atoms with Crippen LogP contribution in [0.2, 0.25) is 5.02 Å². The van der Waals surface area contributed by atoms with Crippen LogP contribution in [0.4, 0.5) is 10.6 Å². The molecule has 0 bridgehead atoms. The number of anilines is 1. The van der Waals surface area contributed by atoms with Gasteiger partial charge in [0.05, 0.1) is 7.11 Å². The van der Waals surface area contributed by atoms with Crippen molar-refractivity contribution in [2.24, 2.45) is 0 Å². The second kappa shape index (κ2) is 16.2. The van der Waals surface area contributed by atoms with Crippen LogP contribution in [0.1, 0.15) is 60.8 Å².